The molecule has 0 fully saturated rings. The minimum atomic E-state index is -0.463. The molecule has 2 N–H and O–H groups in total. The van der Waals surface area contributed by atoms with E-state index in [1.165, 1.54) is 0 Å². The van der Waals surface area contributed by atoms with Crippen molar-refractivity contribution in [3.8, 4) is 0 Å². The van der Waals surface area contributed by atoms with Crippen LogP contribution in [-0.4, -0.2) is 62.7 Å². The van der Waals surface area contributed by atoms with Gasteiger partial charge in [-0.1, -0.05) is 6.92 Å². The molecule has 0 unspecified atom stereocenters. The summed E-state index contributed by atoms with van der Waals surface area (Å²) in [6, 6.07) is 22.5. The fourth-order valence-electron chi connectivity index (χ4n) is 3.68. The van der Waals surface area contributed by atoms with Crippen LogP contribution in [-0.2, 0) is 9.53 Å². The first kappa shape index (κ1) is 31.4. The molecule has 3 aromatic rings. The third-order valence-corrected chi connectivity index (χ3v) is 6.75. The van der Waals surface area contributed by atoms with E-state index in [9.17, 15) is 15.0 Å². The molecular weight excluding hydrogens is 520 g/mol. The lowest BCUT2D eigenvalue weighted by Gasteiger charge is -2.23. The number of aliphatic hydroxyl groups is 2. The Morgan fingerprint density at radius 3 is 1.49 bits per heavy atom. The monoisotopic (exact) mass is 560 g/mol. The summed E-state index contributed by atoms with van der Waals surface area (Å²) >= 11 is 0. The Morgan fingerprint density at radius 1 is 0.707 bits per heavy atom. The number of aliphatic hydroxyl groups excluding tert-OH is 2. The highest BCUT2D eigenvalue weighted by atomic mass is 16.5. The van der Waals surface area contributed by atoms with Gasteiger partial charge in [-0.25, -0.2) is 0 Å². The smallest absolute Gasteiger partial charge is 0.311 e. The second-order valence-corrected chi connectivity index (χ2v) is 10.2. The van der Waals surface area contributed by atoms with E-state index >= 15 is 0 Å². The number of hydrogen-bond acceptors (Lipinski definition) is 10. The summed E-state index contributed by atoms with van der Waals surface area (Å²) in [5, 5.41) is 35.6. The molecule has 218 valence electrons. The van der Waals surface area contributed by atoms with Gasteiger partial charge in [-0.3, -0.25) is 4.79 Å². The Hall–Kier alpha value is -4.15. The zero-order valence-electron chi connectivity index (χ0n) is 24.3. The number of nitrogens with zero attached hydrogens (tertiary/aromatic N) is 6. The number of carbonyl (C=O) groups excluding carboxylic acids is 1. The Morgan fingerprint density at radius 2 is 1.10 bits per heavy atom. The van der Waals surface area contributed by atoms with Gasteiger partial charge in [0.2, 0.25) is 0 Å². The lowest BCUT2D eigenvalue weighted by atomic mass is 9.91. The number of benzene rings is 3. The Kier molecular flexibility index (Phi) is 11.9. The summed E-state index contributed by atoms with van der Waals surface area (Å²) in [6.45, 7) is 7.62. The average Bonchev–Trinajstić information content (AvgIpc) is 2.99. The van der Waals surface area contributed by atoms with E-state index < -0.39 is 5.41 Å². The molecule has 0 aliphatic rings. The lowest BCUT2D eigenvalue weighted by Crippen LogP contribution is -2.30. The van der Waals surface area contributed by atoms with Crippen molar-refractivity contribution in [3.05, 3.63) is 72.8 Å². The van der Waals surface area contributed by atoms with Crippen LogP contribution in [0.3, 0.4) is 0 Å². The number of rotatable bonds is 15. The molecule has 41 heavy (non-hydrogen) atoms. The van der Waals surface area contributed by atoms with E-state index in [2.05, 4.69) is 20.5 Å². The molecule has 10 heteroatoms. The van der Waals surface area contributed by atoms with E-state index in [0.717, 1.165) is 23.5 Å². The van der Waals surface area contributed by atoms with Crippen molar-refractivity contribution in [1.29, 1.82) is 0 Å². The van der Waals surface area contributed by atoms with Gasteiger partial charge < -0.3 is 24.7 Å². The molecule has 0 aromatic heterocycles. The molecule has 0 radical (unpaired) electrons. The Bertz CT molecular complexity index is 1270. The van der Waals surface area contributed by atoms with E-state index in [0.29, 0.717) is 43.3 Å². The number of azo groups is 2. The maximum Gasteiger partial charge on any atom is 0.311 e. The number of carbonyl (C=O) groups is 1. The summed E-state index contributed by atoms with van der Waals surface area (Å²) in [4.78, 5) is 16.1. The van der Waals surface area contributed by atoms with Crippen LogP contribution >= 0.6 is 0 Å². The van der Waals surface area contributed by atoms with Crippen LogP contribution in [0.4, 0.5) is 34.1 Å². The quantitative estimate of drug-likeness (QED) is 0.157. The van der Waals surface area contributed by atoms with Gasteiger partial charge in [0.1, 0.15) is 6.61 Å². The molecule has 0 heterocycles. The minimum Gasteiger partial charge on any atom is -0.463 e. The highest BCUT2D eigenvalue weighted by molar-refractivity contribution is 5.75. The molecule has 3 aromatic carbocycles. The molecule has 0 saturated carbocycles. The van der Waals surface area contributed by atoms with Gasteiger partial charge in [0.05, 0.1) is 47.9 Å². The maximum atomic E-state index is 12.1. The van der Waals surface area contributed by atoms with Gasteiger partial charge in [-0.05, 0) is 93.1 Å². The summed E-state index contributed by atoms with van der Waals surface area (Å²) in [5.74, 6) is -0.173. The average molecular weight is 561 g/mol. The predicted octanol–water partition coefficient (Wildman–Crippen LogP) is 6.72. The molecule has 0 bridgehead atoms. The first-order chi connectivity index (χ1) is 19.7. The van der Waals surface area contributed by atoms with Gasteiger partial charge in [0, 0.05) is 31.5 Å². The topological polar surface area (TPSA) is 123 Å². The minimum absolute atomic E-state index is 0.0140. The number of likely N-dealkylation sites (N-methyl/N-ethyl adjacent to an activating group) is 1. The van der Waals surface area contributed by atoms with E-state index in [1.54, 1.807) is 0 Å². The van der Waals surface area contributed by atoms with Gasteiger partial charge >= 0.3 is 5.97 Å². The van der Waals surface area contributed by atoms with Crippen molar-refractivity contribution in [2.24, 2.45) is 25.9 Å². The zero-order valence-corrected chi connectivity index (χ0v) is 24.3. The highest BCUT2D eigenvalue weighted by Crippen LogP contribution is 2.26. The molecule has 0 aliphatic carbocycles. The summed E-state index contributed by atoms with van der Waals surface area (Å²) in [7, 11) is 1.95. The van der Waals surface area contributed by atoms with Crippen LogP contribution in [0.1, 0.15) is 27.2 Å². The number of esters is 1. The van der Waals surface area contributed by atoms with Crippen LogP contribution < -0.4 is 9.80 Å². The lowest BCUT2D eigenvalue weighted by molar-refractivity contribution is -0.153. The molecule has 3 rings (SSSR count). The zero-order chi connectivity index (χ0) is 29.7. The van der Waals surface area contributed by atoms with Crippen LogP contribution in [0, 0.1) is 5.41 Å². The molecule has 0 aliphatic heterocycles. The van der Waals surface area contributed by atoms with Gasteiger partial charge in [-0.2, -0.15) is 20.5 Å². The van der Waals surface area contributed by atoms with Crippen LogP contribution in [0.25, 0.3) is 0 Å². The Labute approximate surface area is 242 Å². The molecule has 10 nitrogen and oxygen atoms in total. The van der Waals surface area contributed by atoms with E-state index in [1.807, 2.05) is 110 Å². The molecular formula is C31H40N6O4. The van der Waals surface area contributed by atoms with Crippen molar-refractivity contribution >= 4 is 40.1 Å². The standard InChI is InChI=1S/C31H40N6O4/c1-5-31(2,3)30(40)41-23-20-36(4)28-14-10-26(11-15-28)34-32-24-6-8-25(9-7-24)33-35-27-12-16-29(17-13-27)37(18-21-38)19-22-39/h6-17,38-39H,5,18-23H2,1-4H3/b34-32+,35-33+. The van der Waals surface area contributed by atoms with Crippen LogP contribution in [0.15, 0.2) is 93.3 Å². The largest absolute Gasteiger partial charge is 0.463 e. The number of anilines is 2. The Balaban J connectivity index is 1.50. The first-order valence-corrected chi connectivity index (χ1v) is 13.7. The predicted molar refractivity (Wildman–Crippen MR) is 162 cm³/mol. The SMILES string of the molecule is CCC(C)(C)C(=O)OCCN(C)c1ccc(/N=N/c2ccc(/N=N/c3ccc(N(CCO)CCO)cc3)cc2)cc1. The molecule has 0 atom stereocenters. The fraction of sp³-hybridized carbons (Fsp3) is 0.387. The van der Waals surface area contributed by atoms with Crippen molar-refractivity contribution in [2.75, 3.05) is 56.3 Å². The van der Waals surface area contributed by atoms with Crippen molar-refractivity contribution in [3.63, 3.8) is 0 Å². The van der Waals surface area contributed by atoms with Crippen molar-refractivity contribution in [2.45, 2.75) is 27.2 Å². The molecule has 0 spiro atoms. The van der Waals surface area contributed by atoms with Gasteiger partial charge in [0.25, 0.3) is 0 Å². The summed E-state index contributed by atoms with van der Waals surface area (Å²) in [5.41, 5.74) is 4.23. The second-order valence-electron chi connectivity index (χ2n) is 10.2. The van der Waals surface area contributed by atoms with Crippen molar-refractivity contribution < 1.29 is 19.7 Å². The molecule has 0 saturated heterocycles. The van der Waals surface area contributed by atoms with E-state index in [4.69, 9.17) is 4.74 Å². The van der Waals surface area contributed by atoms with Crippen LogP contribution in [0.5, 0.6) is 0 Å². The third-order valence-electron chi connectivity index (χ3n) is 6.75. The normalized spacial score (nSPS) is 11.8. The van der Waals surface area contributed by atoms with Crippen LogP contribution in [0.2, 0.25) is 0 Å². The summed E-state index contributed by atoms with van der Waals surface area (Å²) < 4.78 is 5.43. The number of ether oxygens (including phenoxy) is 1. The maximum absolute atomic E-state index is 12.1. The summed E-state index contributed by atoms with van der Waals surface area (Å²) in [6.07, 6.45) is 0.739. The molecule has 0 amide bonds. The second kappa shape index (κ2) is 15.6. The number of hydrogen-bond donors (Lipinski definition) is 2. The van der Waals surface area contributed by atoms with E-state index in [-0.39, 0.29) is 19.2 Å². The van der Waals surface area contributed by atoms with Gasteiger partial charge in [0.15, 0.2) is 0 Å². The highest BCUT2D eigenvalue weighted by Gasteiger charge is 2.26. The third kappa shape index (κ3) is 9.77. The van der Waals surface area contributed by atoms with Gasteiger partial charge in [-0.15, -0.1) is 0 Å². The van der Waals surface area contributed by atoms with Crippen molar-refractivity contribution in [1.82, 2.24) is 0 Å². The fourth-order valence-corrected chi connectivity index (χ4v) is 3.68. The first-order valence-electron chi connectivity index (χ1n) is 13.7.